The lowest BCUT2D eigenvalue weighted by atomic mass is 10.5. The van der Waals surface area contributed by atoms with Crippen molar-refractivity contribution in [3.63, 3.8) is 0 Å². The number of carbonyl (C=O) groups is 1. The van der Waals surface area contributed by atoms with Crippen molar-refractivity contribution < 1.29 is 4.79 Å². The number of hydrogen-bond donors (Lipinski definition) is 3. The van der Waals surface area contributed by atoms with Gasteiger partial charge in [-0.3, -0.25) is 24.1 Å². The second-order valence-corrected chi connectivity index (χ2v) is 4.40. The minimum atomic E-state index is -0.695. The zero-order valence-electron chi connectivity index (χ0n) is 11.6. The largest absolute Gasteiger partial charge is 0.369 e. The summed E-state index contributed by atoms with van der Waals surface area (Å²) in [5.74, 6) is 4.22. The number of aryl methyl sites for hydroxylation is 1. The second kappa shape index (κ2) is 4.56. The summed E-state index contributed by atoms with van der Waals surface area (Å²) in [5.41, 5.74) is 3.83. The average molecular weight is 294 g/mol. The van der Waals surface area contributed by atoms with E-state index < -0.39 is 23.1 Å². The number of carbonyl (C=O) groups excluding carboxylic acids is 1. The van der Waals surface area contributed by atoms with E-state index in [0.29, 0.717) is 5.01 Å². The molecule has 0 saturated heterocycles. The van der Waals surface area contributed by atoms with Crippen LogP contribution in [0.25, 0.3) is 11.2 Å². The Morgan fingerprint density at radius 3 is 2.33 bits per heavy atom. The Kier molecular flexibility index (Phi) is 3.14. The number of anilines is 1. The number of nitrogens with one attached hydrogen (secondary N) is 1. The van der Waals surface area contributed by atoms with Crippen LogP contribution in [0.2, 0.25) is 0 Å². The molecular weight excluding hydrogens is 280 g/mol. The highest BCUT2D eigenvalue weighted by atomic mass is 16.2. The maximum Gasteiger partial charge on any atom is 0.332 e. The highest BCUT2D eigenvalue weighted by Gasteiger charge is 2.24. The van der Waals surface area contributed by atoms with Crippen LogP contribution in [0.4, 0.5) is 5.95 Å². The lowest BCUT2D eigenvalue weighted by Gasteiger charge is -2.14. The molecule has 0 radical (unpaired) electrons. The number of rotatable bonds is 1. The van der Waals surface area contributed by atoms with Crippen molar-refractivity contribution in [2.24, 2.45) is 25.7 Å². The van der Waals surface area contributed by atoms with E-state index in [-0.39, 0.29) is 17.1 Å². The summed E-state index contributed by atoms with van der Waals surface area (Å²) in [6.45, 7) is 1.20. The number of nitrogens with two attached hydrogens (primary N) is 2. The second-order valence-electron chi connectivity index (χ2n) is 4.40. The molecule has 11 heteroatoms. The first-order chi connectivity index (χ1) is 9.68. The molecule has 0 aliphatic carbocycles. The van der Waals surface area contributed by atoms with Gasteiger partial charge in [-0.2, -0.15) is 4.98 Å². The number of hydrogen-bond acceptors (Lipinski definition) is 6. The summed E-state index contributed by atoms with van der Waals surface area (Å²) < 4.78 is 2.87. The van der Waals surface area contributed by atoms with Crippen LogP contribution in [-0.4, -0.2) is 30.6 Å². The summed E-state index contributed by atoms with van der Waals surface area (Å²) in [6.07, 6.45) is 0. The Balaban J connectivity index is 3.08. The van der Waals surface area contributed by atoms with Crippen molar-refractivity contribution in [2.75, 3.05) is 5.01 Å². The topological polar surface area (TPSA) is 158 Å². The van der Waals surface area contributed by atoms with Crippen molar-refractivity contribution in [1.82, 2.24) is 18.7 Å². The van der Waals surface area contributed by atoms with E-state index in [2.05, 4.69) is 4.98 Å². The number of imidazole rings is 1. The maximum atomic E-state index is 12.2. The molecule has 2 heterocycles. The minimum Gasteiger partial charge on any atom is -0.369 e. The fourth-order valence-corrected chi connectivity index (χ4v) is 1.95. The van der Waals surface area contributed by atoms with E-state index in [1.807, 2.05) is 0 Å². The first kappa shape index (κ1) is 14.5. The molecule has 0 aromatic carbocycles. The lowest BCUT2D eigenvalue weighted by molar-refractivity contribution is 0.0942. The lowest BCUT2D eigenvalue weighted by Crippen LogP contribution is -2.44. The molecule has 5 N–H and O–H groups in total. The van der Waals surface area contributed by atoms with Crippen LogP contribution in [0.5, 0.6) is 0 Å². The van der Waals surface area contributed by atoms with Crippen LogP contribution >= 0.6 is 0 Å². The Morgan fingerprint density at radius 1 is 1.29 bits per heavy atom. The fourth-order valence-electron chi connectivity index (χ4n) is 1.95. The van der Waals surface area contributed by atoms with Crippen molar-refractivity contribution in [1.29, 1.82) is 5.41 Å². The van der Waals surface area contributed by atoms with Crippen molar-refractivity contribution in [2.45, 2.75) is 6.92 Å². The molecule has 0 amide bonds. The van der Waals surface area contributed by atoms with Gasteiger partial charge in [0.25, 0.3) is 5.56 Å². The molecule has 0 saturated carbocycles. The van der Waals surface area contributed by atoms with Gasteiger partial charge in [-0.1, -0.05) is 0 Å². The van der Waals surface area contributed by atoms with Gasteiger partial charge in [-0.15, -0.1) is 0 Å². The molecule has 0 aliphatic heterocycles. The Bertz CT molecular complexity index is 886. The molecule has 0 fully saturated rings. The smallest absolute Gasteiger partial charge is 0.332 e. The molecule has 0 unspecified atom stereocenters. The standard InChI is InChI=1S/C10H14N8O3/c1-4(19)17-5-6(14-9(17)18(13)8(11)12)15(2)10(21)16(3)7(5)20/h13H2,1-3H3,(H3,11,12). The number of hydrazine groups is 1. The van der Waals surface area contributed by atoms with Crippen molar-refractivity contribution in [3.05, 3.63) is 20.8 Å². The first-order valence-corrected chi connectivity index (χ1v) is 5.76. The van der Waals surface area contributed by atoms with E-state index in [0.717, 1.165) is 13.7 Å². The van der Waals surface area contributed by atoms with Crippen LogP contribution < -0.4 is 27.8 Å². The summed E-state index contributed by atoms with van der Waals surface area (Å²) >= 11 is 0. The molecule has 0 spiro atoms. The molecule has 0 atom stereocenters. The number of guanidine groups is 1. The summed E-state index contributed by atoms with van der Waals surface area (Å²) in [5, 5.41) is 7.95. The fraction of sp³-hybridized carbons (Fsp3) is 0.300. The van der Waals surface area contributed by atoms with Crippen LogP contribution in [0, 0.1) is 5.41 Å². The summed E-state index contributed by atoms with van der Waals surface area (Å²) in [6, 6.07) is 0. The normalized spacial score (nSPS) is 10.9. The quantitative estimate of drug-likeness (QED) is 0.230. The van der Waals surface area contributed by atoms with E-state index in [1.165, 1.54) is 21.0 Å². The van der Waals surface area contributed by atoms with Gasteiger partial charge in [0, 0.05) is 21.0 Å². The van der Waals surface area contributed by atoms with Gasteiger partial charge in [0.15, 0.2) is 11.2 Å². The molecule has 2 aromatic heterocycles. The van der Waals surface area contributed by atoms with Crippen molar-refractivity contribution >= 4 is 29.0 Å². The molecule has 21 heavy (non-hydrogen) atoms. The molecule has 2 rings (SSSR count). The van der Waals surface area contributed by atoms with Gasteiger partial charge in [0.1, 0.15) is 0 Å². The zero-order valence-corrected chi connectivity index (χ0v) is 11.6. The summed E-state index contributed by atoms with van der Waals surface area (Å²) in [4.78, 5) is 39.9. The van der Waals surface area contributed by atoms with Gasteiger partial charge in [0.2, 0.25) is 17.8 Å². The highest BCUT2D eigenvalue weighted by Crippen LogP contribution is 2.17. The van der Waals surface area contributed by atoms with E-state index in [4.69, 9.17) is 17.0 Å². The Hall–Kier alpha value is -2.95. The van der Waals surface area contributed by atoms with Gasteiger partial charge in [0.05, 0.1) is 0 Å². The Morgan fingerprint density at radius 2 is 1.86 bits per heavy atom. The van der Waals surface area contributed by atoms with Crippen molar-refractivity contribution in [3.8, 4) is 0 Å². The predicted octanol–water partition coefficient (Wildman–Crippen LogP) is -2.33. The summed E-state index contributed by atoms with van der Waals surface area (Å²) in [7, 11) is 2.69. The van der Waals surface area contributed by atoms with Gasteiger partial charge in [-0.05, 0) is 0 Å². The minimum absolute atomic E-state index is 0.0231. The van der Waals surface area contributed by atoms with Gasteiger partial charge >= 0.3 is 5.69 Å². The predicted molar refractivity (Wildman–Crippen MR) is 75.1 cm³/mol. The van der Waals surface area contributed by atoms with E-state index in [9.17, 15) is 14.4 Å². The van der Waals surface area contributed by atoms with Crippen LogP contribution in [0.15, 0.2) is 9.59 Å². The van der Waals surface area contributed by atoms with Crippen LogP contribution in [0.3, 0.4) is 0 Å². The number of fused-ring (bicyclic) bond motifs is 1. The molecule has 112 valence electrons. The van der Waals surface area contributed by atoms with Gasteiger partial charge in [-0.25, -0.2) is 20.2 Å². The average Bonchev–Trinajstić information content (AvgIpc) is 2.82. The third kappa shape index (κ3) is 1.90. The van der Waals surface area contributed by atoms with Crippen LogP contribution in [-0.2, 0) is 14.1 Å². The first-order valence-electron chi connectivity index (χ1n) is 5.76. The van der Waals surface area contributed by atoms with Crippen LogP contribution in [0.1, 0.15) is 11.7 Å². The van der Waals surface area contributed by atoms with E-state index >= 15 is 0 Å². The molecular formula is C10H14N8O3. The maximum absolute atomic E-state index is 12.2. The Labute approximate surface area is 117 Å². The molecule has 2 aromatic rings. The molecule has 0 aliphatic rings. The zero-order chi connectivity index (χ0) is 16.1. The number of nitrogens with zero attached hydrogens (tertiary/aromatic N) is 5. The monoisotopic (exact) mass is 294 g/mol. The third-order valence-corrected chi connectivity index (χ3v) is 3.03. The van der Waals surface area contributed by atoms with Gasteiger partial charge < -0.3 is 5.73 Å². The molecule has 11 nitrogen and oxygen atoms in total. The SMILES string of the molecule is CC(=O)n1c(N(N)C(=N)N)nc2c1c(=O)n(C)c(=O)n2C. The third-order valence-electron chi connectivity index (χ3n) is 3.03. The molecule has 0 bridgehead atoms. The highest BCUT2D eigenvalue weighted by molar-refractivity contribution is 5.97. The number of aromatic nitrogens is 4. The van der Waals surface area contributed by atoms with E-state index in [1.54, 1.807) is 0 Å².